The van der Waals surface area contributed by atoms with Crippen molar-refractivity contribution in [3.8, 4) is 0 Å². The smallest absolute Gasteiger partial charge is 0.252 e. The predicted octanol–water partition coefficient (Wildman–Crippen LogP) is 3.26. The molecule has 0 amide bonds. The van der Waals surface area contributed by atoms with Crippen molar-refractivity contribution in [3.63, 3.8) is 0 Å². The van der Waals surface area contributed by atoms with Crippen molar-refractivity contribution < 1.29 is 0 Å². The van der Waals surface area contributed by atoms with Crippen molar-refractivity contribution >= 4 is 11.7 Å². The highest BCUT2D eigenvalue weighted by molar-refractivity contribution is 5.99. The average Bonchev–Trinajstić information content (AvgIpc) is 2.50. The van der Waals surface area contributed by atoms with Crippen molar-refractivity contribution in [1.82, 2.24) is 9.97 Å². The summed E-state index contributed by atoms with van der Waals surface area (Å²) >= 11 is 0. The van der Waals surface area contributed by atoms with Crippen LogP contribution in [0.1, 0.15) is 43.5 Å². The number of benzene rings is 1. The fourth-order valence-corrected chi connectivity index (χ4v) is 2.13. The highest BCUT2D eigenvalue weighted by Crippen LogP contribution is 2.09. The number of rotatable bonds is 6. The van der Waals surface area contributed by atoms with Crippen LogP contribution in [0, 0.1) is 6.92 Å². The van der Waals surface area contributed by atoms with Crippen LogP contribution in [-0.2, 0) is 6.42 Å². The van der Waals surface area contributed by atoms with E-state index in [-0.39, 0.29) is 5.56 Å². The fraction of sp³-hybridized carbons (Fsp3) is 0.353. The molecule has 0 spiro atoms. The zero-order valence-corrected chi connectivity index (χ0v) is 13.3. The molecule has 1 aromatic heterocycles. The first kappa shape index (κ1) is 15.9. The van der Waals surface area contributed by atoms with Gasteiger partial charge in [0.2, 0.25) is 5.95 Å². The molecule has 0 radical (unpaired) electrons. The molecule has 5 heteroatoms. The second-order valence-corrected chi connectivity index (χ2v) is 5.34. The van der Waals surface area contributed by atoms with E-state index in [1.165, 1.54) is 24.5 Å². The lowest BCUT2D eigenvalue weighted by Crippen LogP contribution is -2.11. The minimum absolute atomic E-state index is 0.192. The Morgan fingerprint density at radius 3 is 2.68 bits per heavy atom. The van der Waals surface area contributed by atoms with Gasteiger partial charge in [-0.2, -0.15) is 5.10 Å². The molecule has 0 aliphatic rings. The lowest BCUT2D eigenvalue weighted by atomic mass is 10.0. The van der Waals surface area contributed by atoms with Gasteiger partial charge >= 0.3 is 0 Å². The third-order valence-corrected chi connectivity index (χ3v) is 3.39. The monoisotopic (exact) mass is 298 g/mol. The number of hydrazone groups is 1. The molecule has 1 heterocycles. The second-order valence-electron chi connectivity index (χ2n) is 5.34. The van der Waals surface area contributed by atoms with Crippen molar-refractivity contribution in [1.29, 1.82) is 0 Å². The largest absolute Gasteiger partial charge is 0.291 e. The van der Waals surface area contributed by atoms with Crippen LogP contribution in [0.5, 0.6) is 0 Å². The molecule has 2 rings (SSSR count). The van der Waals surface area contributed by atoms with Crippen molar-refractivity contribution in [2.75, 3.05) is 5.43 Å². The van der Waals surface area contributed by atoms with Gasteiger partial charge in [0.1, 0.15) is 0 Å². The van der Waals surface area contributed by atoms with Gasteiger partial charge in [0, 0.05) is 11.8 Å². The van der Waals surface area contributed by atoms with Crippen LogP contribution in [0.25, 0.3) is 0 Å². The lowest BCUT2D eigenvalue weighted by molar-refractivity contribution is 0.795. The number of aryl methyl sites for hydroxylation is 2. The van der Waals surface area contributed by atoms with E-state index in [1.54, 1.807) is 6.92 Å². The summed E-state index contributed by atoms with van der Waals surface area (Å²) in [5, 5.41) is 4.27. The maximum atomic E-state index is 11.4. The highest BCUT2D eigenvalue weighted by Gasteiger charge is 2.00. The SMILES string of the molecule is CCCCc1ccc(/C(C)=N/Nc2nc(C)cc(=O)[nH]2)cc1. The van der Waals surface area contributed by atoms with Crippen molar-refractivity contribution in [2.24, 2.45) is 5.10 Å². The molecule has 0 saturated heterocycles. The zero-order valence-electron chi connectivity index (χ0n) is 13.3. The van der Waals surface area contributed by atoms with Crippen LogP contribution in [0.4, 0.5) is 5.95 Å². The van der Waals surface area contributed by atoms with E-state index in [0.29, 0.717) is 11.6 Å². The van der Waals surface area contributed by atoms with E-state index in [9.17, 15) is 4.79 Å². The van der Waals surface area contributed by atoms with E-state index < -0.39 is 0 Å². The zero-order chi connectivity index (χ0) is 15.9. The Hall–Kier alpha value is -2.43. The first-order valence-corrected chi connectivity index (χ1v) is 7.56. The van der Waals surface area contributed by atoms with Crippen LogP contribution in [-0.4, -0.2) is 15.7 Å². The van der Waals surface area contributed by atoms with Gasteiger partial charge in [-0.3, -0.25) is 9.78 Å². The fourth-order valence-electron chi connectivity index (χ4n) is 2.13. The molecule has 1 aromatic carbocycles. The third kappa shape index (κ3) is 4.55. The van der Waals surface area contributed by atoms with E-state index in [1.807, 2.05) is 6.92 Å². The normalized spacial score (nSPS) is 11.5. The summed E-state index contributed by atoms with van der Waals surface area (Å²) in [6, 6.07) is 9.85. The Morgan fingerprint density at radius 2 is 2.05 bits per heavy atom. The number of H-pyrrole nitrogens is 1. The minimum Gasteiger partial charge on any atom is -0.291 e. The van der Waals surface area contributed by atoms with Gasteiger partial charge in [0.15, 0.2) is 0 Å². The summed E-state index contributed by atoms with van der Waals surface area (Å²) in [5.74, 6) is 0.351. The van der Waals surface area contributed by atoms with Crippen LogP contribution in [0.2, 0.25) is 0 Å². The molecular weight excluding hydrogens is 276 g/mol. The van der Waals surface area contributed by atoms with Gasteiger partial charge in [-0.05, 0) is 37.8 Å². The molecule has 116 valence electrons. The van der Waals surface area contributed by atoms with E-state index in [2.05, 4.69) is 51.7 Å². The first-order chi connectivity index (χ1) is 10.6. The molecule has 0 atom stereocenters. The number of aromatic nitrogens is 2. The average molecular weight is 298 g/mol. The molecule has 0 saturated carbocycles. The summed E-state index contributed by atoms with van der Waals surface area (Å²) in [7, 11) is 0. The van der Waals surface area contributed by atoms with Gasteiger partial charge in [-0.25, -0.2) is 10.4 Å². The molecule has 5 nitrogen and oxygen atoms in total. The number of nitrogens with one attached hydrogen (secondary N) is 2. The molecular formula is C17H22N4O. The van der Waals surface area contributed by atoms with Crippen LogP contribution < -0.4 is 11.0 Å². The first-order valence-electron chi connectivity index (χ1n) is 7.56. The Bertz CT molecular complexity index is 701. The number of nitrogens with zero attached hydrogens (tertiary/aromatic N) is 2. The summed E-state index contributed by atoms with van der Waals surface area (Å²) in [5.41, 5.74) is 6.48. The van der Waals surface area contributed by atoms with Crippen LogP contribution in [0.15, 0.2) is 40.2 Å². The van der Waals surface area contributed by atoms with E-state index >= 15 is 0 Å². The molecule has 22 heavy (non-hydrogen) atoms. The number of hydrogen-bond donors (Lipinski definition) is 2. The van der Waals surface area contributed by atoms with Gasteiger partial charge in [0.25, 0.3) is 5.56 Å². The van der Waals surface area contributed by atoms with E-state index in [4.69, 9.17) is 0 Å². The number of hydrogen-bond acceptors (Lipinski definition) is 4. The molecule has 0 unspecified atom stereocenters. The second kappa shape index (κ2) is 7.54. The third-order valence-electron chi connectivity index (χ3n) is 3.39. The molecule has 2 aromatic rings. The number of anilines is 1. The number of aromatic amines is 1. The van der Waals surface area contributed by atoms with Gasteiger partial charge in [0.05, 0.1) is 5.71 Å². The summed E-state index contributed by atoms with van der Waals surface area (Å²) in [6.45, 7) is 5.88. The summed E-state index contributed by atoms with van der Waals surface area (Å²) in [4.78, 5) is 18.1. The lowest BCUT2D eigenvalue weighted by Gasteiger charge is -2.05. The quantitative estimate of drug-likeness (QED) is 0.635. The maximum absolute atomic E-state index is 11.4. The molecule has 0 fully saturated rings. The van der Waals surface area contributed by atoms with Gasteiger partial charge in [-0.15, -0.1) is 0 Å². The maximum Gasteiger partial charge on any atom is 0.252 e. The Kier molecular flexibility index (Phi) is 5.47. The minimum atomic E-state index is -0.192. The molecule has 0 aliphatic heterocycles. The topological polar surface area (TPSA) is 70.1 Å². The van der Waals surface area contributed by atoms with Crippen LogP contribution >= 0.6 is 0 Å². The van der Waals surface area contributed by atoms with Crippen LogP contribution in [0.3, 0.4) is 0 Å². The predicted molar refractivity (Wildman–Crippen MR) is 90.5 cm³/mol. The molecule has 2 N–H and O–H groups in total. The molecule has 0 bridgehead atoms. The number of unbranched alkanes of at least 4 members (excludes halogenated alkanes) is 1. The van der Waals surface area contributed by atoms with E-state index in [0.717, 1.165) is 17.7 Å². The Balaban J connectivity index is 2.06. The van der Waals surface area contributed by atoms with Gasteiger partial charge in [-0.1, -0.05) is 37.6 Å². The standard InChI is InChI=1S/C17H22N4O/c1-4-5-6-14-7-9-15(10-8-14)13(3)20-21-17-18-12(2)11-16(22)19-17/h7-11H,4-6H2,1-3H3,(H2,18,19,21,22)/b20-13+. The van der Waals surface area contributed by atoms with Crippen molar-refractivity contribution in [2.45, 2.75) is 40.0 Å². The van der Waals surface area contributed by atoms with Gasteiger partial charge < -0.3 is 0 Å². The summed E-state index contributed by atoms with van der Waals surface area (Å²) in [6.07, 6.45) is 3.52. The Labute approximate surface area is 130 Å². The summed E-state index contributed by atoms with van der Waals surface area (Å²) < 4.78 is 0. The van der Waals surface area contributed by atoms with Crippen molar-refractivity contribution in [3.05, 3.63) is 57.5 Å². The Morgan fingerprint density at radius 1 is 1.32 bits per heavy atom. The highest BCUT2D eigenvalue weighted by atomic mass is 16.1. The molecule has 0 aliphatic carbocycles.